The van der Waals surface area contributed by atoms with Crippen molar-refractivity contribution in [3.63, 3.8) is 0 Å². The fourth-order valence-electron chi connectivity index (χ4n) is 2.59. The average molecular weight is 373 g/mol. The lowest BCUT2D eigenvalue weighted by atomic mass is 10.1. The molecule has 11 nitrogen and oxygen atoms in total. The number of benzene rings is 1. The molecule has 0 bridgehead atoms. The molecule has 2 aromatic rings. The van der Waals surface area contributed by atoms with Crippen molar-refractivity contribution < 1.29 is 19.4 Å². The molecule has 1 atom stereocenters. The van der Waals surface area contributed by atoms with Crippen LogP contribution >= 0.6 is 0 Å². The number of morpholine rings is 1. The Hall–Kier alpha value is -3.44. The SMILES string of the molecule is O=C(Nc1ccc([N+](=O)[O-])c([N+](=O)[O-])c1)c1ccc(C2CNCCO2)nc1. The fourth-order valence-corrected chi connectivity index (χ4v) is 2.59. The topological polar surface area (TPSA) is 150 Å². The molecule has 1 unspecified atom stereocenters. The minimum atomic E-state index is -0.873. The van der Waals surface area contributed by atoms with Crippen LogP contribution in [0, 0.1) is 20.2 Å². The van der Waals surface area contributed by atoms with Gasteiger partial charge in [0.15, 0.2) is 0 Å². The highest BCUT2D eigenvalue weighted by Gasteiger charge is 2.24. The number of anilines is 1. The van der Waals surface area contributed by atoms with Gasteiger partial charge in [0.1, 0.15) is 6.10 Å². The lowest BCUT2D eigenvalue weighted by Gasteiger charge is -2.23. The Morgan fingerprint density at radius 1 is 1.19 bits per heavy atom. The third kappa shape index (κ3) is 4.22. The van der Waals surface area contributed by atoms with Crippen molar-refractivity contribution in [2.75, 3.05) is 25.0 Å². The number of carbonyl (C=O) groups is 1. The predicted molar refractivity (Wildman–Crippen MR) is 93.5 cm³/mol. The fraction of sp³-hybridized carbons (Fsp3) is 0.250. The lowest BCUT2D eigenvalue weighted by Crippen LogP contribution is -2.33. The minimum absolute atomic E-state index is 0.0705. The zero-order valence-electron chi connectivity index (χ0n) is 14.0. The molecule has 1 aliphatic heterocycles. The summed E-state index contributed by atoms with van der Waals surface area (Å²) in [4.78, 5) is 36.6. The Labute approximate surface area is 152 Å². The van der Waals surface area contributed by atoms with Crippen molar-refractivity contribution in [1.29, 1.82) is 0 Å². The molecular formula is C16H15N5O6. The van der Waals surface area contributed by atoms with Crippen LogP contribution in [0.1, 0.15) is 22.2 Å². The number of pyridine rings is 1. The number of nitrogens with one attached hydrogen (secondary N) is 2. The van der Waals surface area contributed by atoms with Gasteiger partial charge in [-0.15, -0.1) is 0 Å². The molecular weight excluding hydrogens is 358 g/mol. The van der Waals surface area contributed by atoms with E-state index in [4.69, 9.17) is 4.74 Å². The van der Waals surface area contributed by atoms with Crippen molar-refractivity contribution in [3.05, 3.63) is 68.0 Å². The van der Waals surface area contributed by atoms with Gasteiger partial charge < -0.3 is 15.4 Å². The summed E-state index contributed by atoms with van der Waals surface area (Å²) in [5.41, 5.74) is -0.354. The Balaban J connectivity index is 1.74. The largest absolute Gasteiger partial charge is 0.369 e. The van der Waals surface area contributed by atoms with Gasteiger partial charge >= 0.3 is 11.4 Å². The van der Waals surface area contributed by atoms with Crippen molar-refractivity contribution >= 4 is 23.0 Å². The smallest absolute Gasteiger partial charge is 0.348 e. The summed E-state index contributed by atoms with van der Waals surface area (Å²) < 4.78 is 5.58. The van der Waals surface area contributed by atoms with Gasteiger partial charge in [0.2, 0.25) is 0 Å². The van der Waals surface area contributed by atoms with E-state index in [-0.39, 0.29) is 17.4 Å². The number of ether oxygens (including phenoxy) is 1. The van der Waals surface area contributed by atoms with E-state index in [0.717, 1.165) is 18.7 Å². The summed E-state index contributed by atoms with van der Waals surface area (Å²) in [6.07, 6.45) is 1.19. The summed E-state index contributed by atoms with van der Waals surface area (Å²) in [6.45, 7) is 1.98. The van der Waals surface area contributed by atoms with Crippen LogP contribution in [0.3, 0.4) is 0 Å². The first-order chi connectivity index (χ1) is 13.0. The van der Waals surface area contributed by atoms with E-state index >= 15 is 0 Å². The normalized spacial score (nSPS) is 16.5. The molecule has 0 aliphatic carbocycles. The van der Waals surface area contributed by atoms with Crippen molar-refractivity contribution in [3.8, 4) is 0 Å². The maximum Gasteiger partial charge on any atom is 0.348 e. The van der Waals surface area contributed by atoms with E-state index < -0.39 is 27.1 Å². The number of nitro groups is 2. The monoisotopic (exact) mass is 373 g/mol. The second-order valence-electron chi connectivity index (χ2n) is 5.71. The Bertz CT molecular complexity index is 879. The highest BCUT2D eigenvalue weighted by atomic mass is 16.6. The Morgan fingerprint density at radius 2 is 1.96 bits per heavy atom. The first-order valence-corrected chi connectivity index (χ1v) is 7.98. The average Bonchev–Trinajstić information content (AvgIpc) is 2.68. The number of carbonyl (C=O) groups excluding carboxylic acids is 1. The molecule has 140 valence electrons. The van der Waals surface area contributed by atoms with Crippen LogP contribution in [-0.2, 0) is 4.74 Å². The number of aromatic nitrogens is 1. The maximum atomic E-state index is 12.3. The van der Waals surface area contributed by atoms with Crippen LogP contribution in [0.5, 0.6) is 0 Å². The van der Waals surface area contributed by atoms with Crippen LogP contribution in [0.2, 0.25) is 0 Å². The third-order valence-electron chi connectivity index (χ3n) is 3.93. The summed E-state index contributed by atoms with van der Waals surface area (Å²) in [5.74, 6) is -0.542. The molecule has 3 rings (SSSR count). The summed E-state index contributed by atoms with van der Waals surface area (Å²) in [6, 6.07) is 6.38. The number of rotatable bonds is 5. The molecule has 0 spiro atoms. The quantitative estimate of drug-likeness (QED) is 0.595. The van der Waals surface area contributed by atoms with Crippen molar-refractivity contribution in [1.82, 2.24) is 10.3 Å². The van der Waals surface area contributed by atoms with Crippen LogP contribution in [0.4, 0.5) is 17.1 Å². The van der Waals surface area contributed by atoms with Gasteiger partial charge in [0.25, 0.3) is 5.91 Å². The van der Waals surface area contributed by atoms with Gasteiger partial charge in [0.05, 0.1) is 27.7 Å². The molecule has 0 radical (unpaired) electrons. The van der Waals surface area contributed by atoms with Gasteiger partial charge in [0, 0.05) is 37.1 Å². The number of amides is 1. The molecule has 11 heteroatoms. The van der Waals surface area contributed by atoms with Crippen LogP contribution in [-0.4, -0.2) is 40.4 Å². The number of nitrogens with zero attached hydrogens (tertiary/aromatic N) is 3. The molecule has 1 aromatic carbocycles. The molecule has 1 aliphatic rings. The minimum Gasteiger partial charge on any atom is -0.369 e. The molecule has 1 amide bonds. The second kappa shape index (κ2) is 7.85. The van der Waals surface area contributed by atoms with Crippen molar-refractivity contribution in [2.24, 2.45) is 0 Å². The van der Waals surface area contributed by atoms with Gasteiger partial charge in [-0.3, -0.25) is 30.0 Å². The highest BCUT2D eigenvalue weighted by molar-refractivity contribution is 6.04. The van der Waals surface area contributed by atoms with Crippen LogP contribution < -0.4 is 10.6 Å². The predicted octanol–water partition coefficient (Wildman–Crippen LogP) is 1.81. The van der Waals surface area contributed by atoms with E-state index in [9.17, 15) is 25.0 Å². The number of hydrogen-bond acceptors (Lipinski definition) is 8. The molecule has 2 N–H and O–H groups in total. The van der Waals surface area contributed by atoms with Crippen molar-refractivity contribution in [2.45, 2.75) is 6.10 Å². The van der Waals surface area contributed by atoms with E-state index in [1.165, 1.54) is 12.3 Å². The molecule has 1 aromatic heterocycles. The third-order valence-corrected chi connectivity index (χ3v) is 3.93. The van der Waals surface area contributed by atoms with E-state index in [1.54, 1.807) is 12.1 Å². The Morgan fingerprint density at radius 3 is 2.56 bits per heavy atom. The van der Waals surface area contributed by atoms with Crippen LogP contribution in [0.25, 0.3) is 0 Å². The Kier molecular flexibility index (Phi) is 5.33. The zero-order valence-corrected chi connectivity index (χ0v) is 14.0. The number of hydrogen-bond donors (Lipinski definition) is 2. The zero-order chi connectivity index (χ0) is 19.4. The molecule has 1 fully saturated rings. The summed E-state index contributed by atoms with van der Waals surface area (Å²) in [5, 5.41) is 27.5. The standard InChI is InChI=1S/C16H15N5O6/c22-16(10-1-3-12(18-8-10)15-9-17-5-6-27-15)19-11-2-4-13(20(23)24)14(7-11)21(25)26/h1-4,7-8,15,17H,5-6,9H2,(H,19,22). The van der Waals surface area contributed by atoms with Gasteiger partial charge in [-0.05, 0) is 18.2 Å². The first kappa shape index (κ1) is 18.4. The molecule has 27 heavy (non-hydrogen) atoms. The second-order valence-corrected chi connectivity index (χ2v) is 5.71. The van der Waals surface area contributed by atoms with E-state index in [1.807, 2.05) is 0 Å². The first-order valence-electron chi connectivity index (χ1n) is 7.98. The number of nitro benzene ring substituents is 2. The summed E-state index contributed by atoms with van der Waals surface area (Å²) in [7, 11) is 0. The van der Waals surface area contributed by atoms with Gasteiger partial charge in [-0.25, -0.2) is 0 Å². The van der Waals surface area contributed by atoms with E-state index in [0.29, 0.717) is 18.8 Å². The highest BCUT2D eigenvalue weighted by Crippen LogP contribution is 2.29. The van der Waals surface area contributed by atoms with Crippen LogP contribution in [0.15, 0.2) is 36.5 Å². The van der Waals surface area contributed by atoms with Gasteiger partial charge in [-0.2, -0.15) is 0 Å². The molecule has 2 heterocycles. The maximum absolute atomic E-state index is 12.3. The lowest BCUT2D eigenvalue weighted by molar-refractivity contribution is -0.422. The van der Waals surface area contributed by atoms with E-state index in [2.05, 4.69) is 15.6 Å². The molecule has 1 saturated heterocycles. The summed E-state index contributed by atoms with van der Waals surface area (Å²) >= 11 is 0. The molecule has 0 saturated carbocycles. The van der Waals surface area contributed by atoms with Gasteiger partial charge in [-0.1, -0.05) is 0 Å².